The van der Waals surface area contributed by atoms with Crippen LogP contribution in [0.2, 0.25) is 0 Å². The number of hydrogen-bond donors (Lipinski definition) is 1. The van der Waals surface area contributed by atoms with Gasteiger partial charge < -0.3 is 4.89 Å². The summed E-state index contributed by atoms with van der Waals surface area (Å²) >= 11 is 0. The second-order valence-corrected chi connectivity index (χ2v) is 12.0. The third-order valence-electron chi connectivity index (χ3n) is 5.48. The fraction of sp³-hybridized carbons (Fsp3) is 0.696. The van der Waals surface area contributed by atoms with E-state index < -0.39 is 13.0 Å². The molecule has 2 rings (SSSR count). The van der Waals surface area contributed by atoms with Crippen LogP contribution in [-0.2, 0) is 9.09 Å². The van der Waals surface area contributed by atoms with Gasteiger partial charge in [-0.2, -0.15) is 4.58 Å². The number of para-hydroxylation sites is 1. The predicted octanol–water partition coefficient (Wildman–Crippen LogP) is 6.79. The fourth-order valence-electron chi connectivity index (χ4n) is 4.85. The number of benzene rings is 1. The summed E-state index contributed by atoms with van der Waals surface area (Å²) in [7, 11) is -3.98. The van der Waals surface area contributed by atoms with Gasteiger partial charge in [-0.3, -0.25) is 4.52 Å². The molecule has 0 amide bonds. The van der Waals surface area contributed by atoms with Gasteiger partial charge in [0.25, 0.3) is 5.45 Å². The monoisotopic (exact) mass is 408 g/mol. The lowest BCUT2D eigenvalue weighted by Crippen LogP contribution is -2.32. The Morgan fingerprint density at radius 2 is 1.46 bits per heavy atom. The zero-order chi connectivity index (χ0) is 21.7. The first-order chi connectivity index (χ1) is 12.6. The lowest BCUT2D eigenvalue weighted by atomic mass is 9.84. The van der Waals surface area contributed by atoms with Crippen molar-refractivity contribution >= 4 is 18.7 Å². The molecule has 1 aromatic carbocycles. The van der Waals surface area contributed by atoms with E-state index in [9.17, 15) is 9.46 Å². The SMILES string of the molecule is CC(C)OP(=O)(O)C1=[N+](c2c(C(C)C)cccc2C(C)C)C(C)(C)CC1(C)C. The Balaban J connectivity index is 3.00. The van der Waals surface area contributed by atoms with E-state index >= 15 is 0 Å². The Hall–Kier alpha value is -0.960. The first-order valence-electron chi connectivity index (χ1n) is 10.4. The van der Waals surface area contributed by atoms with Crippen molar-refractivity contribution in [3.63, 3.8) is 0 Å². The van der Waals surface area contributed by atoms with Gasteiger partial charge in [0, 0.05) is 31.4 Å². The molecule has 1 aromatic rings. The van der Waals surface area contributed by atoms with E-state index in [-0.39, 0.29) is 11.6 Å². The van der Waals surface area contributed by atoms with Crippen LogP contribution >= 0.6 is 7.60 Å². The molecule has 1 N–H and O–H groups in total. The van der Waals surface area contributed by atoms with Crippen LogP contribution in [0.3, 0.4) is 0 Å². The molecular formula is C23H39NO3P+. The van der Waals surface area contributed by atoms with E-state index in [2.05, 4.69) is 78.2 Å². The van der Waals surface area contributed by atoms with E-state index in [1.807, 2.05) is 13.8 Å². The van der Waals surface area contributed by atoms with Crippen LogP contribution in [0.25, 0.3) is 0 Å². The Bertz CT molecular complexity index is 793. The average molecular weight is 409 g/mol. The summed E-state index contributed by atoms with van der Waals surface area (Å²) in [6.45, 7) is 20.8. The summed E-state index contributed by atoms with van der Waals surface area (Å²) in [6, 6.07) is 6.40. The Kier molecular flexibility index (Phi) is 6.42. The molecule has 1 aliphatic heterocycles. The van der Waals surface area contributed by atoms with Crippen LogP contribution < -0.4 is 0 Å². The van der Waals surface area contributed by atoms with E-state index in [0.717, 1.165) is 12.1 Å². The second-order valence-electron chi connectivity index (χ2n) is 10.3. The number of hydrogen-bond acceptors (Lipinski definition) is 2. The molecular weight excluding hydrogens is 369 g/mol. The van der Waals surface area contributed by atoms with E-state index in [1.165, 1.54) is 11.1 Å². The number of nitrogens with zero attached hydrogens (tertiary/aromatic N) is 1. The van der Waals surface area contributed by atoms with Crippen LogP contribution in [0, 0.1) is 5.41 Å². The van der Waals surface area contributed by atoms with Crippen molar-refractivity contribution in [2.24, 2.45) is 5.41 Å². The highest BCUT2D eigenvalue weighted by Gasteiger charge is 2.60. The normalized spacial score (nSPS) is 21.1. The molecule has 0 bridgehead atoms. The van der Waals surface area contributed by atoms with Crippen LogP contribution in [0.15, 0.2) is 18.2 Å². The molecule has 0 spiro atoms. The molecule has 28 heavy (non-hydrogen) atoms. The molecule has 4 nitrogen and oxygen atoms in total. The molecule has 158 valence electrons. The highest BCUT2D eigenvalue weighted by Crippen LogP contribution is 2.59. The van der Waals surface area contributed by atoms with Crippen molar-refractivity contribution in [2.75, 3.05) is 0 Å². The third-order valence-corrected chi connectivity index (χ3v) is 7.53. The van der Waals surface area contributed by atoms with Crippen molar-refractivity contribution in [3.05, 3.63) is 29.3 Å². The molecule has 0 fully saturated rings. The van der Waals surface area contributed by atoms with Gasteiger partial charge in [0.15, 0.2) is 5.54 Å². The van der Waals surface area contributed by atoms with Crippen LogP contribution in [-0.4, -0.2) is 26.6 Å². The van der Waals surface area contributed by atoms with Gasteiger partial charge in [-0.05, 0) is 39.5 Å². The minimum absolute atomic E-state index is 0.299. The fourth-order valence-corrected chi connectivity index (χ4v) is 6.99. The standard InChI is InChI=1S/C23H38NO3P/c1-15(2)18-12-11-13-19(16(3)4)20(18)24-21(28(25,26)27-17(5)6)22(7,8)14-23(24,9)10/h11-13,15-17H,14H2,1-10H3/p+1. The van der Waals surface area contributed by atoms with Crippen molar-refractivity contribution < 1.29 is 18.6 Å². The van der Waals surface area contributed by atoms with Gasteiger partial charge in [-0.1, -0.05) is 45.9 Å². The minimum atomic E-state index is -3.98. The molecule has 0 saturated carbocycles. The first kappa shape index (κ1) is 23.3. The zero-order valence-electron chi connectivity index (χ0n) is 19.3. The van der Waals surface area contributed by atoms with Crippen LogP contribution in [0.1, 0.15) is 98.6 Å². The Labute approximate surface area is 171 Å². The lowest BCUT2D eigenvalue weighted by Gasteiger charge is -2.24. The molecule has 1 aliphatic rings. The van der Waals surface area contributed by atoms with Crippen molar-refractivity contribution in [1.29, 1.82) is 0 Å². The highest BCUT2D eigenvalue weighted by atomic mass is 31.2. The molecule has 1 unspecified atom stereocenters. The largest absolute Gasteiger partial charge is 0.418 e. The van der Waals surface area contributed by atoms with Gasteiger partial charge in [0.05, 0.1) is 11.5 Å². The van der Waals surface area contributed by atoms with Gasteiger partial charge in [0.1, 0.15) is 0 Å². The maximum Gasteiger partial charge on any atom is 0.418 e. The molecule has 1 atom stereocenters. The van der Waals surface area contributed by atoms with Gasteiger partial charge in [0.2, 0.25) is 5.69 Å². The van der Waals surface area contributed by atoms with Crippen LogP contribution in [0.4, 0.5) is 5.69 Å². The summed E-state index contributed by atoms with van der Waals surface area (Å²) < 4.78 is 21.3. The number of rotatable bonds is 6. The molecule has 5 heteroatoms. The van der Waals surface area contributed by atoms with Crippen molar-refractivity contribution in [2.45, 2.75) is 99.1 Å². The van der Waals surface area contributed by atoms with Crippen molar-refractivity contribution in [1.82, 2.24) is 0 Å². The second kappa shape index (κ2) is 7.70. The average Bonchev–Trinajstić information content (AvgIpc) is 2.69. The molecule has 0 aliphatic carbocycles. The topological polar surface area (TPSA) is 49.5 Å². The predicted molar refractivity (Wildman–Crippen MR) is 118 cm³/mol. The first-order valence-corrected chi connectivity index (χ1v) is 12.0. The summed E-state index contributed by atoms with van der Waals surface area (Å²) in [5, 5.41) is 0. The lowest BCUT2D eigenvalue weighted by molar-refractivity contribution is -0.515. The van der Waals surface area contributed by atoms with Gasteiger partial charge in [-0.15, -0.1) is 0 Å². The van der Waals surface area contributed by atoms with E-state index in [0.29, 0.717) is 17.3 Å². The van der Waals surface area contributed by atoms with E-state index in [1.54, 1.807) is 0 Å². The Morgan fingerprint density at radius 1 is 1.00 bits per heavy atom. The quantitative estimate of drug-likeness (QED) is 0.416. The minimum Gasteiger partial charge on any atom is -0.317 e. The van der Waals surface area contributed by atoms with Gasteiger partial charge >= 0.3 is 7.60 Å². The summed E-state index contributed by atoms with van der Waals surface area (Å²) in [6.07, 6.45) is 0.459. The van der Waals surface area contributed by atoms with Crippen molar-refractivity contribution in [3.8, 4) is 0 Å². The third kappa shape index (κ3) is 4.30. The van der Waals surface area contributed by atoms with Crippen LogP contribution in [0.5, 0.6) is 0 Å². The maximum atomic E-state index is 13.5. The molecule has 0 saturated heterocycles. The molecule has 0 radical (unpaired) electrons. The molecule has 1 heterocycles. The zero-order valence-corrected chi connectivity index (χ0v) is 20.2. The highest BCUT2D eigenvalue weighted by molar-refractivity contribution is 7.71. The van der Waals surface area contributed by atoms with Gasteiger partial charge in [-0.25, -0.2) is 4.57 Å². The Morgan fingerprint density at radius 3 is 1.86 bits per heavy atom. The summed E-state index contributed by atoms with van der Waals surface area (Å²) in [5.41, 5.74) is 3.28. The van der Waals surface area contributed by atoms with E-state index in [4.69, 9.17) is 4.52 Å². The molecule has 0 aromatic heterocycles. The smallest absolute Gasteiger partial charge is 0.317 e. The summed E-state index contributed by atoms with van der Waals surface area (Å²) in [4.78, 5) is 11.1. The maximum absolute atomic E-state index is 13.5. The summed E-state index contributed by atoms with van der Waals surface area (Å²) in [5.74, 6) is 0.608.